The van der Waals surface area contributed by atoms with Gasteiger partial charge in [0.25, 0.3) is 5.91 Å². The largest absolute Gasteiger partial charge is 0.459 e. The smallest absolute Gasteiger partial charge is 0.307 e. The van der Waals surface area contributed by atoms with Crippen molar-refractivity contribution in [2.45, 2.75) is 26.2 Å². The van der Waals surface area contributed by atoms with Crippen LogP contribution in [0.25, 0.3) is 10.8 Å². The number of rotatable bonds is 4. The normalized spacial score (nSPS) is 14.3. The first-order valence-electron chi connectivity index (χ1n) is 10.4. The summed E-state index contributed by atoms with van der Waals surface area (Å²) in [7, 11) is 0. The lowest BCUT2D eigenvalue weighted by atomic mass is 9.93. The van der Waals surface area contributed by atoms with Gasteiger partial charge in [-0.15, -0.1) is 0 Å². The van der Waals surface area contributed by atoms with E-state index in [0.717, 1.165) is 28.4 Å². The van der Waals surface area contributed by atoms with Crippen molar-refractivity contribution >= 4 is 34.0 Å². The molecule has 1 aliphatic rings. The molecule has 0 aliphatic heterocycles. The molecule has 160 valence electrons. The lowest BCUT2D eigenvalue weighted by molar-refractivity contribution is 0.0926. The molecule has 0 atom stereocenters. The first-order chi connectivity index (χ1) is 15.6. The van der Waals surface area contributed by atoms with Crippen molar-refractivity contribution in [1.29, 1.82) is 0 Å². The molecule has 5 rings (SSSR count). The Balaban J connectivity index is 1.42. The maximum atomic E-state index is 13.1. The zero-order valence-corrected chi connectivity index (χ0v) is 17.5. The zero-order chi connectivity index (χ0) is 22.1. The van der Waals surface area contributed by atoms with E-state index in [1.807, 2.05) is 49.4 Å². The summed E-state index contributed by atoms with van der Waals surface area (Å²) in [4.78, 5) is 25.3. The maximum absolute atomic E-state index is 13.1. The van der Waals surface area contributed by atoms with Crippen LogP contribution >= 0.6 is 0 Å². The molecule has 2 N–H and O–H groups in total. The fourth-order valence-electron chi connectivity index (χ4n) is 4.09. The lowest BCUT2D eigenvalue weighted by Gasteiger charge is -2.13. The lowest BCUT2D eigenvalue weighted by Crippen LogP contribution is -2.21. The Labute approximate surface area is 184 Å². The molecular weight excluding hydrogens is 406 g/mol. The van der Waals surface area contributed by atoms with Crippen molar-refractivity contribution in [2.24, 2.45) is 5.10 Å². The second-order valence-electron chi connectivity index (χ2n) is 7.67. The second-order valence-corrected chi connectivity index (χ2v) is 7.67. The summed E-state index contributed by atoms with van der Waals surface area (Å²) in [5.74, 6) is 0.416. The molecule has 0 fully saturated rings. The number of benzene rings is 2. The number of aryl methyl sites for hydroxylation is 1. The molecule has 1 aliphatic carbocycles. The summed E-state index contributed by atoms with van der Waals surface area (Å²) < 4.78 is 11.1. The number of hydrazone groups is 1. The third-order valence-corrected chi connectivity index (χ3v) is 5.61. The Kier molecular flexibility index (Phi) is 5.07. The van der Waals surface area contributed by atoms with Gasteiger partial charge in [-0.1, -0.05) is 36.4 Å². The first kappa shape index (κ1) is 19.8. The molecule has 2 amide bonds. The molecule has 0 spiro atoms. The van der Waals surface area contributed by atoms with Gasteiger partial charge in [-0.2, -0.15) is 5.10 Å². The zero-order valence-electron chi connectivity index (χ0n) is 17.5. The van der Waals surface area contributed by atoms with E-state index in [0.29, 0.717) is 29.9 Å². The predicted molar refractivity (Wildman–Crippen MR) is 121 cm³/mol. The third kappa shape index (κ3) is 3.58. The van der Waals surface area contributed by atoms with Crippen molar-refractivity contribution in [1.82, 2.24) is 5.43 Å². The van der Waals surface area contributed by atoms with Crippen LogP contribution < -0.4 is 10.7 Å². The van der Waals surface area contributed by atoms with E-state index in [9.17, 15) is 9.59 Å². The molecule has 0 bridgehead atoms. The number of fused-ring (bicyclic) bond motifs is 2. The molecule has 4 aromatic rings. The van der Waals surface area contributed by atoms with Crippen molar-refractivity contribution < 1.29 is 18.4 Å². The molecule has 7 nitrogen and oxygen atoms in total. The van der Waals surface area contributed by atoms with E-state index in [1.165, 1.54) is 6.26 Å². The predicted octanol–water partition coefficient (Wildman–Crippen LogP) is 5.06. The van der Waals surface area contributed by atoms with Crippen molar-refractivity contribution in [2.75, 3.05) is 5.32 Å². The number of amides is 2. The van der Waals surface area contributed by atoms with E-state index < -0.39 is 5.91 Å². The molecule has 2 aromatic carbocycles. The number of carbonyl (C=O) groups is 2. The average Bonchev–Trinajstić information content (AvgIpc) is 3.47. The fourth-order valence-corrected chi connectivity index (χ4v) is 4.09. The van der Waals surface area contributed by atoms with E-state index in [-0.39, 0.29) is 17.4 Å². The van der Waals surface area contributed by atoms with Crippen LogP contribution in [0.5, 0.6) is 0 Å². The van der Waals surface area contributed by atoms with Gasteiger partial charge in [0.15, 0.2) is 11.5 Å². The Morgan fingerprint density at radius 3 is 2.66 bits per heavy atom. The molecule has 2 aromatic heterocycles. The van der Waals surface area contributed by atoms with Crippen LogP contribution in [0, 0.1) is 6.92 Å². The highest BCUT2D eigenvalue weighted by Gasteiger charge is 2.28. The molecule has 0 saturated carbocycles. The van der Waals surface area contributed by atoms with Crippen LogP contribution in [0.3, 0.4) is 0 Å². The first-order valence-corrected chi connectivity index (χ1v) is 10.4. The van der Waals surface area contributed by atoms with Gasteiger partial charge in [0.05, 0.1) is 12.0 Å². The van der Waals surface area contributed by atoms with Crippen molar-refractivity contribution in [3.63, 3.8) is 0 Å². The summed E-state index contributed by atoms with van der Waals surface area (Å²) in [5, 5.41) is 9.29. The van der Waals surface area contributed by atoms with Crippen molar-refractivity contribution in [3.8, 4) is 0 Å². The topological polar surface area (TPSA) is 96.8 Å². The van der Waals surface area contributed by atoms with Crippen LogP contribution in [-0.2, 0) is 6.42 Å². The summed E-state index contributed by atoms with van der Waals surface area (Å²) in [5.41, 5.74) is 5.45. The van der Waals surface area contributed by atoms with Crippen LogP contribution in [-0.4, -0.2) is 17.5 Å². The second kappa shape index (κ2) is 8.19. The Hall–Kier alpha value is -4.13. The number of furan rings is 2. The molecule has 0 radical (unpaired) electrons. The number of carbonyl (C=O) groups excluding carboxylic acids is 2. The standard InChI is InChI=1S/C25H21N3O4/c1-15-22-19(27-28-24(29)21-13-6-14-31-21)11-5-12-20(22)32-23(15)25(30)26-18-10-4-8-16-7-2-3-9-17(16)18/h2-4,6-10,13-14H,5,11-12H2,1H3,(H,26,30)(H,28,29)/b27-19+. The molecule has 2 heterocycles. The number of nitrogens with one attached hydrogen (secondary N) is 2. The molecular formula is C25H21N3O4. The SMILES string of the molecule is Cc1c(C(=O)Nc2cccc3ccccc23)oc2c1/C(=N/NC(=O)c1ccco1)CCC2. The quantitative estimate of drug-likeness (QED) is 0.445. The van der Waals surface area contributed by atoms with Crippen LogP contribution in [0.15, 0.2) is 74.8 Å². The Morgan fingerprint density at radius 2 is 1.81 bits per heavy atom. The van der Waals surface area contributed by atoms with Crippen molar-refractivity contribution in [3.05, 3.63) is 89.3 Å². The minimum absolute atomic E-state index is 0.185. The summed E-state index contributed by atoms with van der Waals surface area (Å²) in [6.45, 7) is 1.84. The maximum Gasteiger partial charge on any atom is 0.307 e. The fraction of sp³-hybridized carbons (Fsp3) is 0.160. The number of nitrogens with zero attached hydrogens (tertiary/aromatic N) is 1. The van der Waals surface area contributed by atoms with Gasteiger partial charge in [-0.25, -0.2) is 5.43 Å². The monoisotopic (exact) mass is 427 g/mol. The van der Waals surface area contributed by atoms with E-state index >= 15 is 0 Å². The highest BCUT2D eigenvalue weighted by atomic mass is 16.4. The molecule has 0 saturated heterocycles. The molecule has 0 unspecified atom stereocenters. The number of hydrogen-bond donors (Lipinski definition) is 2. The van der Waals surface area contributed by atoms with E-state index in [1.54, 1.807) is 12.1 Å². The summed E-state index contributed by atoms with van der Waals surface area (Å²) in [6, 6.07) is 16.9. The average molecular weight is 427 g/mol. The summed E-state index contributed by atoms with van der Waals surface area (Å²) in [6.07, 6.45) is 3.64. The highest BCUT2D eigenvalue weighted by Crippen LogP contribution is 2.31. The highest BCUT2D eigenvalue weighted by molar-refractivity contribution is 6.11. The van der Waals surface area contributed by atoms with Crippen LogP contribution in [0.4, 0.5) is 5.69 Å². The van der Waals surface area contributed by atoms with E-state index in [2.05, 4.69) is 15.8 Å². The van der Waals surface area contributed by atoms with Crippen LogP contribution in [0.1, 0.15) is 50.8 Å². The van der Waals surface area contributed by atoms with Gasteiger partial charge in [0.1, 0.15) is 5.76 Å². The number of anilines is 1. The Bertz CT molecular complexity index is 1340. The van der Waals surface area contributed by atoms with Gasteiger partial charge in [-0.05, 0) is 43.4 Å². The van der Waals surface area contributed by atoms with Gasteiger partial charge >= 0.3 is 5.91 Å². The van der Waals surface area contributed by atoms with Gasteiger partial charge in [0.2, 0.25) is 0 Å². The molecule has 7 heteroatoms. The van der Waals surface area contributed by atoms with Gasteiger partial charge in [0, 0.05) is 28.6 Å². The minimum atomic E-state index is -0.426. The van der Waals surface area contributed by atoms with Gasteiger partial charge < -0.3 is 14.2 Å². The third-order valence-electron chi connectivity index (χ3n) is 5.61. The van der Waals surface area contributed by atoms with Gasteiger partial charge in [-0.3, -0.25) is 9.59 Å². The van der Waals surface area contributed by atoms with E-state index in [4.69, 9.17) is 8.83 Å². The Morgan fingerprint density at radius 1 is 0.969 bits per heavy atom. The molecule has 32 heavy (non-hydrogen) atoms. The minimum Gasteiger partial charge on any atom is -0.459 e. The number of hydrogen-bond acceptors (Lipinski definition) is 5. The van der Waals surface area contributed by atoms with Crippen LogP contribution in [0.2, 0.25) is 0 Å². The summed E-state index contributed by atoms with van der Waals surface area (Å²) >= 11 is 0.